The second kappa shape index (κ2) is 8.54. The van der Waals surface area contributed by atoms with Gasteiger partial charge in [-0.1, -0.05) is 11.2 Å². The van der Waals surface area contributed by atoms with Crippen LogP contribution < -0.4 is 10.6 Å². The Morgan fingerprint density at radius 3 is 2.97 bits per heavy atom. The molecule has 2 aromatic heterocycles. The van der Waals surface area contributed by atoms with Crippen molar-refractivity contribution in [3.05, 3.63) is 53.5 Å². The van der Waals surface area contributed by atoms with E-state index in [2.05, 4.69) is 25.7 Å². The molecule has 0 unspecified atom stereocenters. The summed E-state index contributed by atoms with van der Waals surface area (Å²) in [6.45, 7) is 1.46. The van der Waals surface area contributed by atoms with Crippen LogP contribution in [0.5, 0.6) is 0 Å². The molecule has 0 aliphatic heterocycles. The van der Waals surface area contributed by atoms with Crippen molar-refractivity contribution in [2.24, 2.45) is 5.16 Å². The molecule has 8 nitrogen and oxygen atoms in total. The van der Waals surface area contributed by atoms with Gasteiger partial charge in [-0.25, -0.2) is 0 Å². The third-order valence-corrected chi connectivity index (χ3v) is 5.20. The molecule has 2 heterocycles. The number of amides is 1. The molecule has 3 aromatic rings. The Hall–Kier alpha value is -3.39. The molecular formula is C22H25N5O3. The zero-order chi connectivity index (χ0) is 21.1. The number of aromatic nitrogens is 1. The van der Waals surface area contributed by atoms with Gasteiger partial charge >= 0.3 is 0 Å². The van der Waals surface area contributed by atoms with Crippen LogP contribution in [-0.4, -0.2) is 53.9 Å². The van der Waals surface area contributed by atoms with Crippen LogP contribution in [0.2, 0.25) is 0 Å². The molecule has 8 heteroatoms. The summed E-state index contributed by atoms with van der Waals surface area (Å²) in [6, 6.07) is 7.69. The lowest BCUT2D eigenvalue weighted by molar-refractivity contribution is 0.0928. The largest absolute Gasteiger partial charge is 0.447 e. The molecular weight excluding hydrogens is 382 g/mol. The van der Waals surface area contributed by atoms with Crippen molar-refractivity contribution in [2.45, 2.75) is 19.3 Å². The summed E-state index contributed by atoms with van der Waals surface area (Å²) in [5.41, 5.74) is 4.78. The number of nitrogens with one attached hydrogen (secondary N) is 2. The Labute approximate surface area is 174 Å². The van der Waals surface area contributed by atoms with E-state index in [1.807, 2.05) is 38.4 Å². The minimum Gasteiger partial charge on any atom is -0.447 e. The number of anilines is 2. The maximum Gasteiger partial charge on any atom is 0.289 e. The topological polar surface area (TPSA) is 103 Å². The van der Waals surface area contributed by atoms with Crippen LogP contribution in [-0.2, 0) is 6.42 Å². The van der Waals surface area contributed by atoms with Crippen LogP contribution in [0, 0.1) is 0 Å². The zero-order valence-corrected chi connectivity index (χ0v) is 17.1. The maximum absolute atomic E-state index is 12.8. The number of carbonyl (C=O) groups is 1. The average molecular weight is 407 g/mol. The van der Waals surface area contributed by atoms with Crippen LogP contribution in [0.25, 0.3) is 11.0 Å². The van der Waals surface area contributed by atoms with Crippen molar-refractivity contribution < 1.29 is 14.4 Å². The number of oxime groups is 1. The number of benzene rings is 1. The minimum atomic E-state index is -0.261. The third-order valence-electron chi connectivity index (χ3n) is 5.20. The van der Waals surface area contributed by atoms with Gasteiger partial charge in [0.25, 0.3) is 5.91 Å². The Bertz CT molecular complexity index is 1100. The van der Waals surface area contributed by atoms with Crippen molar-refractivity contribution in [3.8, 4) is 0 Å². The van der Waals surface area contributed by atoms with Crippen molar-refractivity contribution in [3.63, 3.8) is 0 Å². The Balaban J connectivity index is 1.60. The summed E-state index contributed by atoms with van der Waals surface area (Å²) < 4.78 is 5.84. The first-order valence-electron chi connectivity index (χ1n) is 9.97. The molecule has 156 valence electrons. The minimum absolute atomic E-state index is 0.237. The number of fused-ring (bicyclic) bond motifs is 2. The van der Waals surface area contributed by atoms with E-state index in [1.54, 1.807) is 12.4 Å². The molecule has 0 bridgehead atoms. The first-order chi connectivity index (χ1) is 14.6. The molecule has 0 atom stereocenters. The van der Waals surface area contributed by atoms with Gasteiger partial charge in [0, 0.05) is 29.4 Å². The fraction of sp³-hybridized carbons (Fsp3) is 0.318. The van der Waals surface area contributed by atoms with Gasteiger partial charge in [0.1, 0.15) is 0 Å². The van der Waals surface area contributed by atoms with Gasteiger partial charge in [0.15, 0.2) is 5.58 Å². The van der Waals surface area contributed by atoms with Gasteiger partial charge in [-0.2, -0.15) is 0 Å². The van der Waals surface area contributed by atoms with Crippen molar-refractivity contribution in [1.29, 1.82) is 0 Å². The van der Waals surface area contributed by atoms with Gasteiger partial charge < -0.3 is 25.2 Å². The number of rotatable bonds is 7. The highest BCUT2D eigenvalue weighted by molar-refractivity contribution is 6.07. The number of nitrogens with zero attached hydrogens (tertiary/aromatic N) is 3. The number of pyridine rings is 1. The van der Waals surface area contributed by atoms with E-state index in [0.717, 1.165) is 48.0 Å². The lowest BCUT2D eigenvalue weighted by atomic mass is 10.1. The average Bonchev–Trinajstić information content (AvgIpc) is 3.32. The number of carbonyl (C=O) groups excluding carboxylic acids is 1. The summed E-state index contributed by atoms with van der Waals surface area (Å²) in [7, 11) is 4.00. The van der Waals surface area contributed by atoms with Crippen LogP contribution in [0.3, 0.4) is 0 Å². The quantitative estimate of drug-likeness (QED) is 0.315. The molecule has 1 amide bonds. The lowest BCUT2D eigenvalue weighted by Gasteiger charge is -2.11. The second-order valence-electron chi connectivity index (χ2n) is 7.63. The maximum atomic E-state index is 12.8. The van der Waals surface area contributed by atoms with Crippen LogP contribution in [0.15, 0.2) is 46.2 Å². The smallest absolute Gasteiger partial charge is 0.289 e. The fourth-order valence-corrected chi connectivity index (χ4v) is 3.71. The molecule has 30 heavy (non-hydrogen) atoms. The number of furan rings is 1. The molecule has 0 saturated heterocycles. The number of hydrogen-bond donors (Lipinski definition) is 3. The highest BCUT2D eigenvalue weighted by Crippen LogP contribution is 2.34. The highest BCUT2D eigenvalue weighted by atomic mass is 16.4. The Kier molecular flexibility index (Phi) is 5.67. The predicted octanol–water partition coefficient (Wildman–Crippen LogP) is 3.38. The molecule has 4 rings (SSSR count). The third kappa shape index (κ3) is 3.99. The predicted molar refractivity (Wildman–Crippen MR) is 116 cm³/mol. The van der Waals surface area contributed by atoms with E-state index in [0.29, 0.717) is 23.5 Å². The highest BCUT2D eigenvalue weighted by Gasteiger charge is 2.22. The normalized spacial score (nSPS) is 14.4. The zero-order valence-electron chi connectivity index (χ0n) is 17.1. The van der Waals surface area contributed by atoms with Gasteiger partial charge in [0.2, 0.25) is 5.76 Å². The Morgan fingerprint density at radius 1 is 1.30 bits per heavy atom. The van der Waals surface area contributed by atoms with Gasteiger partial charge in [-0.15, -0.1) is 0 Å². The summed E-state index contributed by atoms with van der Waals surface area (Å²) in [6.07, 6.45) is 5.67. The molecule has 1 aliphatic rings. The standard InChI is InChI=1S/C22H25N5O3/c1-27(2)11-3-9-24-22(28)21-20(17-8-10-23-13-19(17)30-21)25-15-5-6-16-14(12-15)4-7-18(16)26-29/h5-6,8,10,12-13,25,29H,3-4,7,9,11H2,1-2H3,(H,24,28). The van der Waals surface area contributed by atoms with Crippen molar-refractivity contribution in [2.75, 3.05) is 32.5 Å². The second-order valence-corrected chi connectivity index (χ2v) is 7.63. The van der Waals surface area contributed by atoms with E-state index in [1.165, 1.54) is 0 Å². The summed E-state index contributed by atoms with van der Waals surface area (Å²) >= 11 is 0. The molecule has 0 fully saturated rings. The monoisotopic (exact) mass is 407 g/mol. The summed E-state index contributed by atoms with van der Waals surface area (Å²) in [5.74, 6) is -0.0238. The number of hydrogen-bond acceptors (Lipinski definition) is 7. The lowest BCUT2D eigenvalue weighted by Crippen LogP contribution is -2.27. The molecule has 3 N–H and O–H groups in total. The van der Waals surface area contributed by atoms with E-state index in [9.17, 15) is 4.79 Å². The van der Waals surface area contributed by atoms with E-state index >= 15 is 0 Å². The van der Waals surface area contributed by atoms with Crippen LogP contribution in [0.4, 0.5) is 11.4 Å². The molecule has 0 saturated carbocycles. The van der Waals surface area contributed by atoms with Gasteiger partial charge in [0.05, 0.1) is 17.6 Å². The first-order valence-corrected chi connectivity index (χ1v) is 9.97. The van der Waals surface area contributed by atoms with Crippen molar-refractivity contribution >= 4 is 34.0 Å². The molecule has 0 spiro atoms. The SMILES string of the molecule is CN(C)CCCNC(=O)c1oc2cnccc2c1Nc1ccc2c(c1)CCC2=NO. The van der Waals surface area contributed by atoms with Crippen molar-refractivity contribution in [1.82, 2.24) is 15.2 Å². The van der Waals surface area contributed by atoms with Crippen LogP contribution in [0.1, 0.15) is 34.5 Å². The van der Waals surface area contributed by atoms with Crippen LogP contribution >= 0.6 is 0 Å². The van der Waals surface area contributed by atoms with Gasteiger partial charge in [-0.3, -0.25) is 9.78 Å². The molecule has 1 aliphatic carbocycles. The summed E-state index contributed by atoms with van der Waals surface area (Å²) in [5, 5.41) is 19.6. The summed E-state index contributed by atoms with van der Waals surface area (Å²) in [4.78, 5) is 19.0. The van der Waals surface area contributed by atoms with E-state index in [-0.39, 0.29) is 11.7 Å². The van der Waals surface area contributed by atoms with E-state index in [4.69, 9.17) is 9.62 Å². The Morgan fingerprint density at radius 2 is 2.17 bits per heavy atom. The molecule has 1 aromatic carbocycles. The molecule has 0 radical (unpaired) electrons. The number of aryl methyl sites for hydroxylation is 1. The fourth-order valence-electron chi connectivity index (χ4n) is 3.71. The van der Waals surface area contributed by atoms with E-state index < -0.39 is 0 Å². The van der Waals surface area contributed by atoms with Gasteiger partial charge in [-0.05, 0) is 63.7 Å². The first kappa shape index (κ1) is 19.9.